The largest absolute Gasteiger partial charge is 2.00 e. The second-order valence-corrected chi connectivity index (χ2v) is 27.2. The molecule has 1 aliphatic rings. The first kappa shape index (κ1) is 90.3. The minimum Gasteiger partial charge on any atom is -1.00 e. The Kier molecular flexibility index (Phi) is 45.3. The van der Waals surface area contributed by atoms with E-state index in [0.717, 1.165) is 47.9 Å². The summed E-state index contributed by atoms with van der Waals surface area (Å²) in [7, 11) is -7.60. The molecule has 0 saturated carbocycles. The zero-order valence-corrected chi connectivity index (χ0v) is 65.2. The number of nitrogens with zero attached hydrogens (tertiary/aromatic N) is 1. The molecule has 0 aromatic heterocycles. The zero-order valence-electron chi connectivity index (χ0n) is 59.5. The molecule has 1 aliphatic heterocycles. The number of nitrogens with one attached hydrogen (secondary N) is 3. The van der Waals surface area contributed by atoms with E-state index in [0.29, 0.717) is 29.5 Å². The normalized spacial score (nSPS) is 12.9. The number of hydrogen-bond acceptors (Lipinski definition) is 14. The van der Waals surface area contributed by atoms with Crippen molar-refractivity contribution >= 4 is 55.9 Å². The van der Waals surface area contributed by atoms with Gasteiger partial charge in [0.1, 0.15) is 46.0 Å². The van der Waals surface area contributed by atoms with Gasteiger partial charge in [-0.1, -0.05) is 251 Å². The van der Waals surface area contributed by atoms with Gasteiger partial charge in [-0.2, -0.15) is 52.0 Å². The molecular formula is C85H91ClMgN4O12P4. The van der Waals surface area contributed by atoms with Crippen LogP contribution < -0.4 is 56.0 Å². The topological polar surface area (TPSA) is 181 Å². The summed E-state index contributed by atoms with van der Waals surface area (Å²) in [6.07, 6.45) is 1.72. The fourth-order valence-electron chi connectivity index (χ4n) is 9.20. The number of hydroxylamine groups is 2. The van der Waals surface area contributed by atoms with Gasteiger partial charge in [-0.05, 0) is 153 Å². The Morgan fingerprint density at radius 1 is 0.402 bits per heavy atom. The Bertz CT molecular complexity index is 3950. The van der Waals surface area contributed by atoms with E-state index in [-0.39, 0.29) is 84.3 Å². The van der Waals surface area contributed by atoms with Crippen LogP contribution in [0.25, 0.3) is 0 Å². The summed E-state index contributed by atoms with van der Waals surface area (Å²) in [4.78, 5) is 0. The maximum atomic E-state index is 13.3. The minimum absolute atomic E-state index is 0. The molecule has 107 heavy (non-hydrogen) atoms. The first-order valence-corrected chi connectivity index (χ1v) is 38.2. The summed E-state index contributed by atoms with van der Waals surface area (Å²) < 4.78 is 91.0. The van der Waals surface area contributed by atoms with E-state index < -0.39 is 15.5 Å². The quantitative estimate of drug-likeness (QED) is 0.0145. The number of halogens is 1. The van der Waals surface area contributed by atoms with Crippen molar-refractivity contribution in [1.82, 2.24) is 20.7 Å². The fourth-order valence-corrected chi connectivity index (χ4v) is 13.0. The molecule has 3 N–H and O–H groups in total. The number of benzene rings is 12. The molecule has 5 unspecified atom stereocenters. The number of ether oxygens (including phenoxy) is 2. The van der Waals surface area contributed by atoms with Crippen molar-refractivity contribution in [1.29, 1.82) is 0 Å². The molecule has 12 aromatic rings. The molecule has 552 valence electrons. The second-order valence-electron chi connectivity index (χ2n) is 23.0. The average Bonchev–Trinajstić information content (AvgIpc) is 1.63. The monoisotopic (exact) mass is 1540 g/mol. The molecule has 0 amide bonds. The predicted octanol–water partition coefficient (Wildman–Crippen LogP) is 20.0. The van der Waals surface area contributed by atoms with Crippen molar-refractivity contribution in [2.24, 2.45) is 0 Å². The van der Waals surface area contributed by atoms with E-state index in [9.17, 15) is 18.3 Å². The van der Waals surface area contributed by atoms with Crippen molar-refractivity contribution in [2.45, 2.75) is 72.0 Å². The molecule has 13 rings (SSSR count). The summed E-state index contributed by atoms with van der Waals surface area (Å²) in [6.45, 7) is 9.18. The Morgan fingerprint density at radius 2 is 0.654 bits per heavy atom. The Labute approximate surface area is 657 Å². The van der Waals surface area contributed by atoms with E-state index in [1.54, 1.807) is 53.2 Å². The van der Waals surface area contributed by atoms with E-state index in [2.05, 4.69) is 38.3 Å². The average molecular weight is 1540 g/mol. The van der Waals surface area contributed by atoms with Crippen molar-refractivity contribution in [3.63, 3.8) is 0 Å². The SMILES string of the molecule is C.CC(CNP(=O)(Oc1ccccc1)Oc1ccccc1)c1ccccc1.CC(Cc1ccccc1)NOP=O.CC(Cc1ccccc1)NOP=O.CC1CN1P(=O)(Oc1ccccc1)Oc1ccccc1.[Cl-].[Mg+2].[c-]1ccccc1.c1ccc(Oc2ccccc2)cc1.c1ccc(Oc2ccccc2)cc1. The van der Waals surface area contributed by atoms with Crippen molar-refractivity contribution in [3.05, 3.63) is 387 Å². The van der Waals surface area contributed by atoms with Crippen LogP contribution in [0.1, 0.15) is 57.7 Å². The summed E-state index contributed by atoms with van der Waals surface area (Å²) in [5.74, 6) is 5.71. The number of para-hydroxylation sites is 8. The molecule has 12 aromatic carbocycles. The van der Waals surface area contributed by atoms with Crippen LogP contribution in [-0.2, 0) is 40.4 Å². The summed E-state index contributed by atoms with van der Waals surface area (Å²) in [6, 6.07) is 119. The van der Waals surface area contributed by atoms with Gasteiger partial charge in [0.05, 0.1) is 0 Å². The van der Waals surface area contributed by atoms with Gasteiger partial charge in [-0.15, -0.1) is 0 Å². The molecule has 16 nitrogen and oxygen atoms in total. The Morgan fingerprint density at radius 3 is 0.907 bits per heavy atom. The van der Waals surface area contributed by atoms with Crippen molar-refractivity contribution in [2.75, 3.05) is 13.1 Å². The third kappa shape index (κ3) is 38.3. The molecule has 1 heterocycles. The smallest absolute Gasteiger partial charge is 1.00 e. The van der Waals surface area contributed by atoms with E-state index in [1.165, 1.54) is 11.1 Å². The molecule has 22 heteroatoms. The first-order valence-electron chi connectivity index (χ1n) is 33.7. The van der Waals surface area contributed by atoms with Crippen molar-refractivity contribution in [3.8, 4) is 46.0 Å². The van der Waals surface area contributed by atoms with E-state index >= 15 is 0 Å². The van der Waals surface area contributed by atoms with Crippen LogP contribution in [0.3, 0.4) is 0 Å². The molecule has 5 atom stereocenters. The van der Waals surface area contributed by atoms with Gasteiger partial charge in [-0.3, -0.25) is 0 Å². The van der Waals surface area contributed by atoms with Crippen LogP contribution in [0.5, 0.6) is 46.0 Å². The van der Waals surface area contributed by atoms with Crippen LogP contribution in [0, 0.1) is 6.07 Å². The Balaban J connectivity index is 0.000000271. The first-order chi connectivity index (χ1) is 50.9. The number of rotatable bonds is 27. The van der Waals surface area contributed by atoms with Gasteiger partial charge >= 0.3 is 55.9 Å². The van der Waals surface area contributed by atoms with Crippen LogP contribution in [-0.4, -0.2) is 58.9 Å². The Hall–Kier alpha value is -9.08. The molecule has 1 saturated heterocycles. The zero-order chi connectivity index (χ0) is 73.4. The van der Waals surface area contributed by atoms with Crippen LogP contribution in [0.15, 0.2) is 364 Å². The standard InChI is InChI=1S/C21H22NO3P.C15H16NO3P.2C12H10O.2C9H12NO2P.C6H5.CH4.ClH.Mg/c1-18(19-11-5-2-6-12-19)17-22-26(23,24-20-13-7-3-8-14-20)25-21-15-9-4-10-16-21;1-13-12-16(13)20(17,18-14-8-4-2-5-9-14)19-15-10-6-3-7-11-15;2*1-3-7-11(8-4-1)13-12-9-5-2-6-10-12;2*1-8(10-12-13-11)7-9-5-3-2-4-6-9;1-2-4-6-5-3-1;;;/h2-16,18H,17H2,1H3,(H,22,23);2-11,13H,12H2,1H3;2*1-10H;2*2-6,8,10H,7H2,1H3;1-5H;1H4;1H;/q;;;;;;-1;;;+2/p-1. The van der Waals surface area contributed by atoms with Gasteiger partial charge in [0.2, 0.25) is 0 Å². The summed E-state index contributed by atoms with van der Waals surface area (Å²) in [5, 5.41) is 3.00. The molecule has 0 bridgehead atoms. The number of hydrogen-bond donors (Lipinski definition) is 3. The molecular weight excluding hydrogens is 1450 g/mol. The molecule has 0 aliphatic carbocycles. The third-order valence-corrected chi connectivity index (χ3v) is 18.3. The van der Waals surface area contributed by atoms with Crippen LogP contribution >= 0.6 is 32.9 Å². The maximum Gasteiger partial charge on any atom is 2.00 e. The van der Waals surface area contributed by atoms with Gasteiger partial charge in [0.25, 0.3) is 0 Å². The van der Waals surface area contributed by atoms with Crippen LogP contribution in [0.4, 0.5) is 0 Å². The van der Waals surface area contributed by atoms with Gasteiger partial charge in [-0.25, -0.2) is 32.6 Å². The van der Waals surface area contributed by atoms with Gasteiger partial charge < -0.3 is 40.0 Å². The molecule has 1 fully saturated rings. The maximum absolute atomic E-state index is 13.3. The van der Waals surface area contributed by atoms with Crippen LogP contribution in [0.2, 0.25) is 0 Å². The third-order valence-electron chi connectivity index (χ3n) is 14.4. The fraction of sp³-hybridized carbons (Fsp3) is 0.153. The van der Waals surface area contributed by atoms with E-state index in [4.69, 9.17) is 27.6 Å². The van der Waals surface area contributed by atoms with Gasteiger partial charge in [0.15, 0.2) is 0 Å². The summed E-state index contributed by atoms with van der Waals surface area (Å²) >= 11 is 0. The second kappa shape index (κ2) is 53.6. The minimum atomic E-state index is -3.59. The van der Waals surface area contributed by atoms with Gasteiger partial charge in [0, 0.05) is 31.2 Å². The molecule has 0 spiro atoms. The molecule has 0 radical (unpaired) electrons. The van der Waals surface area contributed by atoms with E-state index in [1.807, 2.05) is 336 Å². The van der Waals surface area contributed by atoms with Crippen molar-refractivity contribution < 1.29 is 67.5 Å². The summed E-state index contributed by atoms with van der Waals surface area (Å²) in [5.41, 5.74) is 8.93. The predicted molar refractivity (Wildman–Crippen MR) is 429 cm³/mol.